The number of ether oxygens (including phenoxy) is 1. The van der Waals surface area contributed by atoms with E-state index in [4.69, 9.17) is 0 Å². The number of rotatable bonds is 0. The highest BCUT2D eigenvalue weighted by atomic mass is 16.4. The highest BCUT2D eigenvalue weighted by Gasteiger charge is 1.58. The third-order valence-electron chi connectivity index (χ3n) is 0. The van der Waals surface area contributed by atoms with Gasteiger partial charge in [0.25, 0.3) is 0 Å². The Hall–Kier alpha value is -0.0800. The SMILES string of the molecule is CC.CN(C)C.COC. The maximum absolute atomic E-state index is 4.25. The van der Waals surface area contributed by atoms with Crippen LogP contribution < -0.4 is 0 Å². The van der Waals surface area contributed by atoms with Crippen molar-refractivity contribution in [3.63, 3.8) is 0 Å². The van der Waals surface area contributed by atoms with Crippen LogP contribution in [0, 0.1) is 0 Å². The van der Waals surface area contributed by atoms with Crippen LogP contribution in [0.1, 0.15) is 13.8 Å². The van der Waals surface area contributed by atoms with Crippen LogP contribution in [0.5, 0.6) is 0 Å². The quantitative estimate of drug-likeness (QED) is 0.498. The molecule has 0 fully saturated rings. The fourth-order valence-corrected chi connectivity index (χ4v) is 0. The molecule has 0 aliphatic heterocycles. The average molecular weight is 135 g/mol. The first kappa shape index (κ1) is 16.0. The van der Waals surface area contributed by atoms with Gasteiger partial charge in [-0.25, -0.2) is 0 Å². The van der Waals surface area contributed by atoms with Crippen molar-refractivity contribution in [3.8, 4) is 0 Å². The summed E-state index contributed by atoms with van der Waals surface area (Å²) in [5.41, 5.74) is 0. The van der Waals surface area contributed by atoms with E-state index in [-0.39, 0.29) is 0 Å². The molecule has 0 unspecified atom stereocenters. The van der Waals surface area contributed by atoms with E-state index >= 15 is 0 Å². The lowest BCUT2D eigenvalue weighted by Crippen LogP contribution is -1.99. The maximum atomic E-state index is 4.25. The molecule has 0 aliphatic rings. The molecule has 9 heavy (non-hydrogen) atoms. The Morgan fingerprint density at radius 3 is 0.889 bits per heavy atom. The van der Waals surface area contributed by atoms with Crippen molar-refractivity contribution in [2.45, 2.75) is 13.8 Å². The highest BCUT2D eigenvalue weighted by molar-refractivity contribution is 4.09. The van der Waals surface area contributed by atoms with Crippen LogP contribution >= 0.6 is 0 Å². The first-order valence-electron chi connectivity index (χ1n) is 3.16. The lowest BCUT2D eigenvalue weighted by molar-refractivity contribution is 0.277. The summed E-state index contributed by atoms with van der Waals surface area (Å²) in [7, 11) is 9.25. The summed E-state index contributed by atoms with van der Waals surface area (Å²) in [5, 5.41) is 0. The van der Waals surface area contributed by atoms with Crippen molar-refractivity contribution in [2.24, 2.45) is 0 Å². The highest BCUT2D eigenvalue weighted by Crippen LogP contribution is 1.47. The Morgan fingerprint density at radius 1 is 0.889 bits per heavy atom. The van der Waals surface area contributed by atoms with E-state index in [1.54, 1.807) is 14.2 Å². The van der Waals surface area contributed by atoms with Crippen molar-refractivity contribution in [1.29, 1.82) is 0 Å². The van der Waals surface area contributed by atoms with Gasteiger partial charge in [0.05, 0.1) is 0 Å². The van der Waals surface area contributed by atoms with Gasteiger partial charge < -0.3 is 9.64 Å². The molecule has 0 spiro atoms. The minimum atomic E-state index is 1.62. The zero-order valence-electron chi connectivity index (χ0n) is 7.86. The smallest absolute Gasteiger partial charge is 0.0351 e. The Kier molecular flexibility index (Phi) is 43.8. The largest absolute Gasteiger partial charge is 0.388 e. The summed E-state index contributed by atoms with van der Waals surface area (Å²) in [6.07, 6.45) is 0. The molecule has 0 saturated heterocycles. The molecule has 2 heteroatoms. The molecule has 0 bridgehead atoms. The molecule has 2 nitrogen and oxygen atoms in total. The van der Waals surface area contributed by atoms with Crippen LogP contribution in [0.3, 0.4) is 0 Å². The fraction of sp³-hybridized carbons (Fsp3) is 1.00. The molecule has 0 heterocycles. The second-order valence-electron chi connectivity index (χ2n) is 1.75. The maximum Gasteiger partial charge on any atom is 0.0351 e. The van der Waals surface area contributed by atoms with Crippen molar-refractivity contribution >= 4 is 0 Å². The van der Waals surface area contributed by atoms with Gasteiger partial charge in [0.1, 0.15) is 0 Å². The van der Waals surface area contributed by atoms with Gasteiger partial charge in [0.15, 0.2) is 0 Å². The van der Waals surface area contributed by atoms with Crippen LogP contribution in [0.4, 0.5) is 0 Å². The molecule has 0 aromatic rings. The summed E-state index contributed by atoms with van der Waals surface area (Å²) in [4.78, 5) is 2.00. The zero-order valence-corrected chi connectivity index (χ0v) is 7.86. The minimum absolute atomic E-state index is 1.62. The molecular formula is C7H21NO. The molecule has 0 aliphatic carbocycles. The predicted octanol–water partition coefficient (Wildman–Crippen LogP) is 1.47. The molecule has 0 saturated carbocycles. The monoisotopic (exact) mass is 135 g/mol. The summed E-state index contributed by atoms with van der Waals surface area (Å²) < 4.78 is 4.25. The van der Waals surface area contributed by atoms with Gasteiger partial charge >= 0.3 is 0 Å². The van der Waals surface area contributed by atoms with E-state index in [9.17, 15) is 0 Å². The number of hydrogen-bond acceptors (Lipinski definition) is 2. The van der Waals surface area contributed by atoms with E-state index < -0.39 is 0 Å². The van der Waals surface area contributed by atoms with Crippen LogP contribution in [-0.4, -0.2) is 40.3 Å². The molecule has 0 aromatic heterocycles. The molecule has 0 amide bonds. The summed E-state index contributed by atoms with van der Waals surface area (Å²) >= 11 is 0. The van der Waals surface area contributed by atoms with Crippen molar-refractivity contribution < 1.29 is 4.74 Å². The van der Waals surface area contributed by atoms with Gasteiger partial charge in [-0.05, 0) is 21.1 Å². The Labute approximate surface area is 59.8 Å². The van der Waals surface area contributed by atoms with Crippen LogP contribution in [0.25, 0.3) is 0 Å². The van der Waals surface area contributed by atoms with Crippen molar-refractivity contribution in [2.75, 3.05) is 35.4 Å². The molecule has 0 radical (unpaired) electrons. The standard InChI is InChI=1S/C3H9N.C2H6O.C2H6/c1-4(2)3;1-3-2;1-2/h1-3H3;1-2H3;1-2H3. The third-order valence-corrected chi connectivity index (χ3v) is 0. The molecule has 60 valence electrons. The van der Waals surface area contributed by atoms with E-state index in [0.717, 1.165) is 0 Å². The van der Waals surface area contributed by atoms with Gasteiger partial charge in [0.2, 0.25) is 0 Å². The predicted molar refractivity (Wildman–Crippen MR) is 43.9 cm³/mol. The fourth-order valence-electron chi connectivity index (χ4n) is 0. The minimum Gasteiger partial charge on any atom is -0.388 e. The van der Waals surface area contributed by atoms with Crippen molar-refractivity contribution in [1.82, 2.24) is 4.90 Å². The second kappa shape index (κ2) is 24.7. The van der Waals surface area contributed by atoms with Gasteiger partial charge in [-0.2, -0.15) is 0 Å². The molecule has 0 rings (SSSR count). The van der Waals surface area contributed by atoms with E-state index in [1.165, 1.54) is 0 Å². The first-order chi connectivity index (χ1) is 4.15. The van der Waals surface area contributed by atoms with Gasteiger partial charge in [0, 0.05) is 14.2 Å². The van der Waals surface area contributed by atoms with Crippen molar-refractivity contribution in [3.05, 3.63) is 0 Å². The van der Waals surface area contributed by atoms with Gasteiger partial charge in [-0.15, -0.1) is 0 Å². The Balaban J connectivity index is -0.0000000646. The van der Waals surface area contributed by atoms with E-state index in [2.05, 4.69) is 4.74 Å². The summed E-state index contributed by atoms with van der Waals surface area (Å²) in [6.45, 7) is 4.00. The first-order valence-corrected chi connectivity index (χ1v) is 3.16. The normalized spacial score (nSPS) is 6.67. The summed E-state index contributed by atoms with van der Waals surface area (Å²) in [5.74, 6) is 0. The number of nitrogens with zero attached hydrogens (tertiary/aromatic N) is 1. The van der Waals surface area contributed by atoms with E-state index in [0.29, 0.717) is 0 Å². The molecule has 0 aromatic carbocycles. The molecule has 0 atom stereocenters. The van der Waals surface area contributed by atoms with Crippen LogP contribution in [0.2, 0.25) is 0 Å². The molecule has 0 N–H and O–H groups in total. The number of methoxy groups -OCH3 is 1. The second-order valence-corrected chi connectivity index (χ2v) is 1.75. The Bertz CT molecular complexity index is 20.1. The Morgan fingerprint density at radius 2 is 0.889 bits per heavy atom. The average Bonchev–Trinajstić information content (AvgIpc) is 1.71. The van der Waals surface area contributed by atoms with E-state index in [1.807, 2.05) is 39.9 Å². The number of hydrogen-bond donors (Lipinski definition) is 0. The lowest BCUT2D eigenvalue weighted by Gasteiger charge is -1.90. The van der Waals surface area contributed by atoms with Crippen LogP contribution in [0.15, 0.2) is 0 Å². The topological polar surface area (TPSA) is 12.5 Å². The zero-order chi connectivity index (χ0) is 8.28. The summed E-state index contributed by atoms with van der Waals surface area (Å²) in [6, 6.07) is 0. The third kappa shape index (κ3) is 43400. The van der Waals surface area contributed by atoms with Gasteiger partial charge in [-0.1, -0.05) is 13.8 Å². The van der Waals surface area contributed by atoms with Gasteiger partial charge in [-0.3, -0.25) is 0 Å². The lowest BCUT2D eigenvalue weighted by atomic mass is 11.0. The molecular weight excluding hydrogens is 114 g/mol. The van der Waals surface area contributed by atoms with Crippen LogP contribution in [-0.2, 0) is 4.74 Å².